The highest BCUT2D eigenvalue weighted by molar-refractivity contribution is 5.85. The first-order chi connectivity index (χ1) is 6.11. The zero-order chi connectivity index (χ0) is 9.84. The number of rotatable bonds is 3. The summed E-state index contributed by atoms with van der Waals surface area (Å²) in [6, 6.07) is -0.0822. The minimum absolute atomic E-state index is 0.0822. The number of primary amides is 1. The number of nitrogens with two attached hydrogens (primary N) is 1. The van der Waals surface area contributed by atoms with Gasteiger partial charge in [0.05, 0.1) is 12.6 Å². The zero-order valence-electron chi connectivity index (χ0n) is 7.95. The molecular formula is C9H16N2O2. The molecule has 4 heteroatoms. The lowest BCUT2D eigenvalue weighted by molar-refractivity contribution is -0.127. The van der Waals surface area contributed by atoms with Crippen LogP contribution in [0.2, 0.25) is 0 Å². The van der Waals surface area contributed by atoms with Crippen LogP contribution >= 0.6 is 0 Å². The second-order valence-electron chi connectivity index (χ2n) is 3.61. The third kappa shape index (κ3) is 2.81. The smallest absolute Gasteiger partial charge is 0.231 e. The normalized spacial score (nSPS) is 23.5. The van der Waals surface area contributed by atoms with E-state index in [-0.39, 0.29) is 24.3 Å². The Morgan fingerprint density at radius 1 is 1.62 bits per heavy atom. The molecule has 13 heavy (non-hydrogen) atoms. The molecule has 1 amide bonds. The number of Topliss-reactive ketones (excluding diaryl/α,β-unsaturated/α-hetero) is 1. The fourth-order valence-corrected chi connectivity index (χ4v) is 1.79. The van der Waals surface area contributed by atoms with Crippen LogP contribution in [0.5, 0.6) is 0 Å². The van der Waals surface area contributed by atoms with Crippen LogP contribution in [0.3, 0.4) is 0 Å². The topological polar surface area (TPSA) is 63.4 Å². The molecule has 1 saturated carbocycles. The van der Waals surface area contributed by atoms with E-state index >= 15 is 0 Å². The van der Waals surface area contributed by atoms with Crippen molar-refractivity contribution < 1.29 is 9.59 Å². The number of hydrogen-bond donors (Lipinski definition) is 1. The molecule has 0 saturated heterocycles. The molecule has 0 aliphatic heterocycles. The minimum Gasteiger partial charge on any atom is -0.369 e. The summed E-state index contributed by atoms with van der Waals surface area (Å²) >= 11 is 0. The van der Waals surface area contributed by atoms with Crippen LogP contribution in [-0.4, -0.2) is 36.2 Å². The monoisotopic (exact) mass is 184 g/mol. The molecule has 0 aromatic carbocycles. The molecule has 0 aromatic heterocycles. The maximum Gasteiger partial charge on any atom is 0.231 e. The molecule has 0 radical (unpaired) electrons. The van der Waals surface area contributed by atoms with Crippen molar-refractivity contribution in [2.75, 3.05) is 13.6 Å². The van der Waals surface area contributed by atoms with Crippen molar-refractivity contribution in [3.63, 3.8) is 0 Å². The van der Waals surface area contributed by atoms with Crippen molar-refractivity contribution in [1.82, 2.24) is 4.90 Å². The van der Waals surface area contributed by atoms with E-state index in [4.69, 9.17) is 5.73 Å². The maximum absolute atomic E-state index is 11.4. The summed E-state index contributed by atoms with van der Waals surface area (Å²) in [6.07, 6.45) is 3.57. The van der Waals surface area contributed by atoms with Gasteiger partial charge in [-0.3, -0.25) is 14.5 Å². The fraction of sp³-hybridized carbons (Fsp3) is 0.778. The Bertz CT molecular complexity index is 216. The van der Waals surface area contributed by atoms with Gasteiger partial charge in [-0.1, -0.05) is 6.42 Å². The predicted octanol–water partition coefficient (Wildman–Crippen LogP) is -0.0848. The summed E-state index contributed by atoms with van der Waals surface area (Å²) in [5.74, 6) is -0.129. The Kier molecular flexibility index (Phi) is 3.42. The largest absolute Gasteiger partial charge is 0.369 e. The van der Waals surface area contributed by atoms with Crippen LogP contribution in [0.15, 0.2) is 0 Å². The summed E-state index contributed by atoms with van der Waals surface area (Å²) in [7, 11) is 1.78. The lowest BCUT2D eigenvalue weighted by Crippen LogP contribution is -2.44. The molecule has 0 bridgehead atoms. The van der Waals surface area contributed by atoms with Gasteiger partial charge in [-0.2, -0.15) is 0 Å². The van der Waals surface area contributed by atoms with E-state index in [9.17, 15) is 9.59 Å². The number of hydrogen-bond acceptors (Lipinski definition) is 3. The van der Waals surface area contributed by atoms with Gasteiger partial charge in [0.25, 0.3) is 0 Å². The molecule has 1 rings (SSSR count). The predicted molar refractivity (Wildman–Crippen MR) is 49.1 cm³/mol. The molecule has 1 atom stereocenters. The average Bonchev–Trinajstić information content (AvgIpc) is 2.03. The van der Waals surface area contributed by atoms with Gasteiger partial charge in [-0.05, 0) is 19.9 Å². The van der Waals surface area contributed by atoms with Gasteiger partial charge in [-0.15, -0.1) is 0 Å². The Balaban J connectivity index is 2.48. The third-order valence-corrected chi connectivity index (χ3v) is 2.46. The lowest BCUT2D eigenvalue weighted by Gasteiger charge is -2.28. The number of ketones is 1. The molecule has 2 N–H and O–H groups in total. The number of amides is 1. The van der Waals surface area contributed by atoms with E-state index in [1.807, 2.05) is 0 Å². The summed E-state index contributed by atoms with van der Waals surface area (Å²) < 4.78 is 0. The second-order valence-corrected chi connectivity index (χ2v) is 3.61. The summed E-state index contributed by atoms with van der Waals surface area (Å²) in [6.45, 7) is 0.177. The first-order valence-electron chi connectivity index (χ1n) is 4.62. The van der Waals surface area contributed by atoms with Crippen LogP contribution in [0.4, 0.5) is 0 Å². The minimum atomic E-state index is -0.374. The van der Waals surface area contributed by atoms with Gasteiger partial charge in [0, 0.05) is 6.42 Å². The van der Waals surface area contributed by atoms with Crippen LogP contribution in [-0.2, 0) is 9.59 Å². The molecule has 1 aliphatic rings. The average molecular weight is 184 g/mol. The van der Waals surface area contributed by atoms with E-state index in [2.05, 4.69) is 0 Å². The van der Waals surface area contributed by atoms with Gasteiger partial charge in [0.1, 0.15) is 5.78 Å². The second kappa shape index (κ2) is 4.37. The van der Waals surface area contributed by atoms with Crippen LogP contribution < -0.4 is 5.73 Å². The molecule has 0 spiro atoms. The Morgan fingerprint density at radius 2 is 2.31 bits per heavy atom. The Hall–Kier alpha value is -0.900. The van der Waals surface area contributed by atoms with Gasteiger partial charge < -0.3 is 5.73 Å². The third-order valence-electron chi connectivity index (χ3n) is 2.46. The number of carbonyl (C=O) groups is 2. The van der Waals surface area contributed by atoms with E-state index in [1.54, 1.807) is 11.9 Å². The maximum atomic E-state index is 11.4. The highest BCUT2D eigenvalue weighted by Gasteiger charge is 2.26. The number of likely N-dealkylation sites (N-methyl/N-ethyl adjacent to an activating group) is 1. The first-order valence-corrected chi connectivity index (χ1v) is 4.62. The van der Waals surface area contributed by atoms with E-state index in [1.165, 1.54) is 0 Å². The van der Waals surface area contributed by atoms with Gasteiger partial charge >= 0.3 is 0 Å². The molecule has 1 aliphatic carbocycles. The summed E-state index contributed by atoms with van der Waals surface area (Å²) in [5.41, 5.74) is 5.05. The van der Waals surface area contributed by atoms with E-state index in [0.29, 0.717) is 6.42 Å². The van der Waals surface area contributed by atoms with Crippen LogP contribution in [0, 0.1) is 0 Å². The molecule has 1 fully saturated rings. The molecule has 4 nitrogen and oxygen atoms in total. The molecule has 1 unspecified atom stereocenters. The molecule has 0 aromatic rings. The summed E-state index contributed by atoms with van der Waals surface area (Å²) in [4.78, 5) is 23.8. The highest BCUT2D eigenvalue weighted by atomic mass is 16.1. The van der Waals surface area contributed by atoms with E-state index in [0.717, 1.165) is 19.3 Å². The lowest BCUT2D eigenvalue weighted by atomic mass is 9.93. The van der Waals surface area contributed by atoms with Gasteiger partial charge in [-0.25, -0.2) is 0 Å². The van der Waals surface area contributed by atoms with Gasteiger partial charge in [0.2, 0.25) is 5.91 Å². The van der Waals surface area contributed by atoms with Gasteiger partial charge in [0.15, 0.2) is 0 Å². The van der Waals surface area contributed by atoms with Crippen molar-refractivity contribution in [3.8, 4) is 0 Å². The standard InChI is InChI=1S/C9H16N2O2/c1-11(6-9(10)13)7-4-2-3-5-8(7)12/h7H,2-6H2,1H3,(H2,10,13). The fourth-order valence-electron chi connectivity index (χ4n) is 1.79. The van der Waals surface area contributed by atoms with Crippen LogP contribution in [0.25, 0.3) is 0 Å². The molecule has 74 valence electrons. The number of carbonyl (C=O) groups excluding carboxylic acids is 2. The first kappa shape index (κ1) is 10.2. The van der Waals surface area contributed by atoms with Crippen molar-refractivity contribution in [2.24, 2.45) is 5.73 Å². The Morgan fingerprint density at radius 3 is 2.85 bits per heavy atom. The van der Waals surface area contributed by atoms with Crippen molar-refractivity contribution in [3.05, 3.63) is 0 Å². The molecular weight excluding hydrogens is 168 g/mol. The quantitative estimate of drug-likeness (QED) is 0.667. The van der Waals surface area contributed by atoms with E-state index < -0.39 is 0 Å². The van der Waals surface area contributed by atoms with Crippen molar-refractivity contribution >= 4 is 11.7 Å². The number of nitrogens with zero attached hydrogens (tertiary/aromatic N) is 1. The zero-order valence-corrected chi connectivity index (χ0v) is 7.95. The van der Waals surface area contributed by atoms with Crippen LogP contribution in [0.1, 0.15) is 25.7 Å². The SMILES string of the molecule is CN(CC(N)=O)C1CCCCC1=O. The molecule has 0 heterocycles. The van der Waals surface area contributed by atoms with Crippen molar-refractivity contribution in [1.29, 1.82) is 0 Å². The Labute approximate surface area is 78.1 Å². The summed E-state index contributed by atoms with van der Waals surface area (Å²) in [5, 5.41) is 0. The highest BCUT2D eigenvalue weighted by Crippen LogP contribution is 2.18. The van der Waals surface area contributed by atoms with Crippen molar-refractivity contribution in [2.45, 2.75) is 31.7 Å².